The minimum atomic E-state index is -4.76. The van der Waals surface area contributed by atoms with Crippen LogP contribution in [0.25, 0.3) is 0 Å². The molecule has 0 aromatic carbocycles. The van der Waals surface area contributed by atoms with Crippen molar-refractivity contribution in [1.29, 1.82) is 5.41 Å². The van der Waals surface area contributed by atoms with Crippen molar-refractivity contribution in [3.8, 4) is 0 Å². The monoisotopic (exact) mass is 323 g/mol. The second-order valence-electron chi connectivity index (χ2n) is 4.72. The third-order valence-electron chi connectivity index (χ3n) is 3.35. The number of methoxy groups -OCH3 is 1. The average molecular weight is 323 g/mol. The zero-order valence-electron chi connectivity index (χ0n) is 11.4. The van der Waals surface area contributed by atoms with Gasteiger partial charge in [0.1, 0.15) is 12.6 Å². The van der Waals surface area contributed by atoms with E-state index in [4.69, 9.17) is 19.4 Å². The molecule has 0 aliphatic carbocycles. The van der Waals surface area contributed by atoms with E-state index in [9.17, 15) is 13.2 Å². The number of fused-ring (bicyclic) bond motifs is 2. The number of carbonyl (C=O) groups excluding carboxylic acids is 1. The maximum Gasteiger partial charge on any atom is 0.418 e. The number of ether oxygens (including phenoxy) is 2. The number of carbonyl (C=O) groups is 1. The summed E-state index contributed by atoms with van der Waals surface area (Å²) in [6, 6.07) is -1.75. The van der Waals surface area contributed by atoms with E-state index in [-0.39, 0.29) is 19.0 Å². The van der Waals surface area contributed by atoms with Crippen molar-refractivity contribution in [2.45, 2.75) is 24.9 Å². The SMILES string of the molecule is COCCOC(=N)[C@@H]1CC[C@@H]2CN1C(=O)N2OS(=O)(=O)O. The molecule has 10 nitrogen and oxygen atoms in total. The van der Waals surface area contributed by atoms with Gasteiger partial charge in [0.15, 0.2) is 0 Å². The first-order valence-corrected chi connectivity index (χ1v) is 7.67. The number of rotatable bonds is 6. The van der Waals surface area contributed by atoms with Crippen LogP contribution in [0, 0.1) is 5.41 Å². The summed E-state index contributed by atoms with van der Waals surface area (Å²) in [6.07, 6.45) is 0.895. The van der Waals surface area contributed by atoms with E-state index in [1.807, 2.05) is 0 Å². The molecule has 2 fully saturated rings. The standard InChI is InChI=1S/C10H17N3O7S/c1-18-4-5-19-9(11)8-3-2-7-6-12(8)10(14)13(7)20-21(15,16)17/h7-8,11H,2-6H2,1H3,(H,15,16,17)/t7-,8+/m1/s1. The van der Waals surface area contributed by atoms with Crippen molar-refractivity contribution in [2.75, 3.05) is 26.9 Å². The summed E-state index contributed by atoms with van der Waals surface area (Å²) in [5.41, 5.74) is 0. The zero-order valence-corrected chi connectivity index (χ0v) is 12.2. The lowest BCUT2D eigenvalue weighted by atomic mass is 10.0. The number of urea groups is 1. The third kappa shape index (κ3) is 3.61. The van der Waals surface area contributed by atoms with Crippen LogP contribution in [0.2, 0.25) is 0 Å². The summed E-state index contributed by atoms with van der Waals surface area (Å²) in [5.74, 6) is -0.0763. The highest BCUT2D eigenvalue weighted by Crippen LogP contribution is 2.31. The van der Waals surface area contributed by atoms with Gasteiger partial charge in [0.2, 0.25) is 5.90 Å². The highest BCUT2D eigenvalue weighted by Gasteiger charge is 2.48. The van der Waals surface area contributed by atoms with Gasteiger partial charge in [0, 0.05) is 13.7 Å². The van der Waals surface area contributed by atoms with Gasteiger partial charge in [0.25, 0.3) is 0 Å². The minimum absolute atomic E-state index is 0.0763. The summed E-state index contributed by atoms with van der Waals surface area (Å²) < 4.78 is 44.5. The van der Waals surface area contributed by atoms with Crippen molar-refractivity contribution in [3.05, 3.63) is 0 Å². The normalized spacial score (nSPS) is 25.3. The largest absolute Gasteiger partial charge is 0.477 e. The molecule has 2 amide bonds. The van der Waals surface area contributed by atoms with E-state index < -0.39 is 28.5 Å². The Morgan fingerprint density at radius 2 is 2.14 bits per heavy atom. The van der Waals surface area contributed by atoms with Crippen LogP contribution >= 0.6 is 0 Å². The second kappa shape index (κ2) is 6.13. The van der Waals surface area contributed by atoms with Crippen LogP contribution in [0.1, 0.15) is 12.8 Å². The molecule has 11 heteroatoms. The molecule has 0 aromatic rings. The first kappa shape index (κ1) is 15.9. The van der Waals surface area contributed by atoms with Crippen molar-refractivity contribution in [1.82, 2.24) is 9.96 Å². The van der Waals surface area contributed by atoms with Gasteiger partial charge in [0.05, 0.1) is 12.6 Å². The maximum absolute atomic E-state index is 12.1. The molecule has 0 saturated carbocycles. The van der Waals surface area contributed by atoms with Crippen LogP contribution in [0.3, 0.4) is 0 Å². The molecular formula is C10H17N3O7S. The molecule has 0 radical (unpaired) electrons. The summed E-state index contributed by atoms with van der Waals surface area (Å²) >= 11 is 0. The van der Waals surface area contributed by atoms with Crippen molar-refractivity contribution < 1.29 is 31.5 Å². The average Bonchev–Trinajstić information content (AvgIpc) is 2.63. The fourth-order valence-electron chi connectivity index (χ4n) is 2.44. The van der Waals surface area contributed by atoms with Gasteiger partial charge in [-0.2, -0.15) is 13.5 Å². The summed E-state index contributed by atoms with van der Waals surface area (Å²) in [4.78, 5) is 13.4. The molecule has 120 valence electrons. The van der Waals surface area contributed by atoms with E-state index >= 15 is 0 Å². The molecule has 2 bridgehead atoms. The lowest BCUT2D eigenvalue weighted by molar-refractivity contribution is -0.0316. The number of nitrogens with one attached hydrogen (secondary N) is 1. The van der Waals surface area contributed by atoms with Gasteiger partial charge in [-0.15, -0.1) is 4.28 Å². The number of nitrogens with zero attached hydrogens (tertiary/aromatic N) is 2. The Bertz CT molecular complexity index is 523. The minimum Gasteiger partial charge on any atom is -0.477 e. The van der Waals surface area contributed by atoms with Gasteiger partial charge in [-0.05, 0) is 12.8 Å². The first-order chi connectivity index (χ1) is 9.83. The molecule has 2 aliphatic rings. The number of hydroxylamine groups is 2. The highest BCUT2D eigenvalue weighted by molar-refractivity contribution is 7.80. The van der Waals surface area contributed by atoms with E-state index in [0.29, 0.717) is 24.5 Å². The van der Waals surface area contributed by atoms with Crippen LogP contribution in [0.4, 0.5) is 4.79 Å². The molecular weight excluding hydrogens is 306 g/mol. The summed E-state index contributed by atoms with van der Waals surface area (Å²) in [6.45, 7) is 0.737. The number of hydrogen-bond donors (Lipinski definition) is 2. The molecule has 2 atom stereocenters. The van der Waals surface area contributed by atoms with Crippen LogP contribution in [0.15, 0.2) is 0 Å². The lowest BCUT2D eigenvalue weighted by Crippen LogP contribution is -2.45. The van der Waals surface area contributed by atoms with Crippen LogP contribution in [-0.2, 0) is 24.2 Å². The lowest BCUT2D eigenvalue weighted by Gasteiger charge is -2.30. The Morgan fingerprint density at radius 3 is 2.76 bits per heavy atom. The fraction of sp³-hybridized carbons (Fsp3) is 0.800. The third-order valence-corrected chi connectivity index (χ3v) is 3.69. The first-order valence-electron chi connectivity index (χ1n) is 6.30. The van der Waals surface area contributed by atoms with E-state index in [1.54, 1.807) is 0 Å². The molecule has 2 aliphatic heterocycles. The van der Waals surface area contributed by atoms with Gasteiger partial charge in [-0.3, -0.25) is 9.96 Å². The second-order valence-corrected chi connectivity index (χ2v) is 5.72. The van der Waals surface area contributed by atoms with Crippen molar-refractivity contribution in [3.63, 3.8) is 0 Å². The smallest absolute Gasteiger partial charge is 0.418 e. The Hall–Kier alpha value is -1.43. The quantitative estimate of drug-likeness (QED) is 0.295. The Morgan fingerprint density at radius 1 is 1.43 bits per heavy atom. The number of amides is 2. The Balaban J connectivity index is 2.01. The Labute approximate surface area is 122 Å². The molecule has 2 N–H and O–H groups in total. The molecule has 2 rings (SSSR count). The summed E-state index contributed by atoms with van der Waals surface area (Å²) in [5, 5.41) is 8.49. The zero-order chi connectivity index (χ0) is 15.6. The van der Waals surface area contributed by atoms with Gasteiger partial charge >= 0.3 is 16.4 Å². The maximum atomic E-state index is 12.1. The number of hydrogen-bond acceptors (Lipinski definition) is 7. The van der Waals surface area contributed by atoms with Gasteiger partial charge in [-0.1, -0.05) is 0 Å². The van der Waals surface area contributed by atoms with E-state index in [1.165, 1.54) is 12.0 Å². The Kier molecular flexibility index (Phi) is 4.66. The van der Waals surface area contributed by atoms with E-state index in [0.717, 1.165) is 0 Å². The van der Waals surface area contributed by atoms with Crippen LogP contribution < -0.4 is 0 Å². The molecule has 2 saturated heterocycles. The molecule has 21 heavy (non-hydrogen) atoms. The van der Waals surface area contributed by atoms with Gasteiger partial charge < -0.3 is 14.4 Å². The summed E-state index contributed by atoms with van der Waals surface area (Å²) in [7, 11) is -3.25. The molecule has 0 unspecified atom stereocenters. The topological polar surface area (TPSA) is 129 Å². The van der Waals surface area contributed by atoms with Crippen molar-refractivity contribution >= 4 is 22.3 Å². The van der Waals surface area contributed by atoms with E-state index in [2.05, 4.69) is 4.28 Å². The van der Waals surface area contributed by atoms with Crippen LogP contribution in [-0.4, -0.2) is 73.8 Å². The molecule has 2 heterocycles. The predicted molar refractivity (Wildman–Crippen MR) is 68.9 cm³/mol. The molecule has 0 aromatic heterocycles. The molecule has 0 spiro atoms. The van der Waals surface area contributed by atoms with Crippen LogP contribution in [0.5, 0.6) is 0 Å². The van der Waals surface area contributed by atoms with Gasteiger partial charge in [-0.25, -0.2) is 4.79 Å². The highest BCUT2D eigenvalue weighted by atomic mass is 32.3. The predicted octanol–water partition coefficient (Wildman–Crippen LogP) is -0.370. The number of piperidine rings is 1. The van der Waals surface area contributed by atoms with Crippen molar-refractivity contribution in [2.24, 2.45) is 0 Å². The fourth-order valence-corrected chi connectivity index (χ4v) is 2.82.